The second-order valence-electron chi connectivity index (χ2n) is 12.5. The Kier molecular flexibility index (Phi) is 7.01. The van der Waals surface area contributed by atoms with Gasteiger partial charge in [-0.2, -0.15) is 0 Å². The van der Waals surface area contributed by atoms with Crippen LogP contribution >= 0.6 is 0 Å². The third-order valence-electron chi connectivity index (χ3n) is 9.93. The number of carbonyl (C=O) groups is 4. The zero-order chi connectivity index (χ0) is 28.5. The van der Waals surface area contributed by atoms with E-state index in [9.17, 15) is 29.4 Å². The first-order chi connectivity index (χ1) is 17.5. The Morgan fingerprint density at radius 2 is 1.34 bits per heavy atom. The van der Waals surface area contributed by atoms with Crippen LogP contribution < -0.4 is 0 Å². The highest BCUT2D eigenvalue weighted by molar-refractivity contribution is 5.69. The molecule has 4 rings (SSSR count). The molecule has 0 amide bonds. The first-order valence-electron chi connectivity index (χ1n) is 13.2. The summed E-state index contributed by atoms with van der Waals surface area (Å²) in [5.41, 5.74) is -2.65. The van der Waals surface area contributed by atoms with E-state index in [1.807, 2.05) is 20.8 Å². The topological polar surface area (TPSA) is 146 Å². The molecule has 4 saturated carbocycles. The molecule has 0 heterocycles. The molecule has 4 aliphatic rings. The van der Waals surface area contributed by atoms with Gasteiger partial charge in [0.25, 0.3) is 0 Å². The predicted octanol–water partition coefficient (Wildman–Crippen LogP) is 2.08. The molecule has 4 fully saturated rings. The minimum atomic E-state index is -1.22. The Labute approximate surface area is 223 Å². The van der Waals surface area contributed by atoms with Crippen LogP contribution in [0.15, 0.2) is 12.2 Å². The van der Waals surface area contributed by atoms with Crippen LogP contribution in [0.5, 0.6) is 0 Å². The summed E-state index contributed by atoms with van der Waals surface area (Å²) < 4.78 is 23.8. The zero-order valence-corrected chi connectivity index (χ0v) is 23.2. The van der Waals surface area contributed by atoms with E-state index in [0.717, 1.165) is 0 Å². The molecular formula is C28H40O10. The van der Waals surface area contributed by atoms with Gasteiger partial charge in [0.1, 0.15) is 24.4 Å². The van der Waals surface area contributed by atoms with Gasteiger partial charge in [0.05, 0.1) is 17.6 Å². The van der Waals surface area contributed by atoms with Crippen molar-refractivity contribution < 1.29 is 48.3 Å². The molecule has 1 spiro atoms. The van der Waals surface area contributed by atoms with E-state index in [1.54, 1.807) is 0 Å². The van der Waals surface area contributed by atoms with Gasteiger partial charge in [-0.1, -0.05) is 27.4 Å². The number of carbonyl (C=O) groups excluding carboxylic acids is 4. The lowest BCUT2D eigenvalue weighted by molar-refractivity contribution is -0.324. The van der Waals surface area contributed by atoms with E-state index in [0.29, 0.717) is 18.4 Å². The summed E-state index contributed by atoms with van der Waals surface area (Å²) in [5, 5.41) is 22.9. The molecule has 38 heavy (non-hydrogen) atoms. The molecule has 0 aromatic rings. The molecule has 10 nitrogen and oxygen atoms in total. The first-order valence-corrected chi connectivity index (χ1v) is 13.2. The first kappa shape index (κ1) is 28.5. The Hall–Kier alpha value is -2.46. The van der Waals surface area contributed by atoms with E-state index in [-0.39, 0.29) is 12.3 Å². The minimum Gasteiger partial charge on any atom is -0.462 e. The van der Waals surface area contributed by atoms with Crippen LogP contribution in [-0.2, 0) is 38.1 Å². The molecule has 0 saturated heterocycles. The Bertz CT molecular complexity index is 1050. The number of fused-ring (bicyclic) bond motifs is 3. The highest BCUT2D eigenvalue weighted by Gasteiger charge is 2.80. The van der Waals surface area contributed by atoms with Crippen LogP contribution in [0.3, 0.4) is 0 Å². The lowest BCUT2D eigenvalue weighted by atomic mass is 9.37. The number of rotatable bonds is 4. The molecule has 0 radical (unpaired) electrons. The van der Waals surface area contributed by atoms with Gasteiger partial charge in [-0.05, 0) is 29.7 Å². The van der Waals surface area contributed by atoms with Crippen LogP contribution in [0.4, 0.5) is 0 Å². The van der Waals surface area contributed by atoms with Crippen molar-refractivity contribution in [3.05, 3.63) is 12.2 Å². The highest BCUT2D eigenvalue weighted by Crippen LogP contribution is 2.73. The number of hydrogen-bond donors (Lipinski definition) is 2. The smallest absolute Gasteiger partial charge is 0.303 e. The average molecular weight is 537 g/mol. The second kappa shape index (κ2) is 9.33. The number of ether oxygens (including phenoxy) is 4. The molecule has 2 bridgehead atoms. The van der Waals surface area contributed by atoms with E-state index in [1.165, 1.54) is 27.7 Å². The molecule has 0 aliphatic heterocycles. The van der Waals surface area contributed by atoms with E-state index in [4.69, 9.17) is 18.9 Å². The summed E-state index contributed by atoms with van der Waals surface area (Å²) in [6.07, 6.45) is -5.21. The fraction of sp³-hybridized carbons (Fsp3) is 0.786. The van der Waals surface area contributed by atoms with Gasteiger partial charge in [-0.3, -0.25) is 19.2 Å². The molecule has 0 aromatic heterocycles. The Morgan fingerprint density at radius 1 is 0.789 bits per heavy atom. The second-order valence-corrected chi connectivity index (χ2v) is 12.5. The quantitative estimate of drug-likeness (QED) is 0.311. The third kappa shape index (κ3) is 3.97. The SMILES string of the molecule is C=C1[C@@H]2C[C@H](OC(C)=O)[C@H]3[C@@]4(C)[C@H]([C@@H](OC(C)=O)[C@H](OC(C)=O)[C@]3(C2)[C@@H]1OC(C)=O)C(C)(C)[C@@H](O)C[C@@H]4O. The van der Waals surface area contributed by atoms with Gasteiger partial charge in [0.2, 0.25) is 0 Å². The van der Waals surface area contributed by atoms with Crippen LogP contribution in [0.1, 0.15) is 67.7 Å². The number of hydrogen-bond acceptors (Lipinski definition) is 10. The molecule has 0 unspecified atom stereocenters. The van der Waals surface area contributed by atoms with Crippen molar-refractivity contribution in [2.24, 2.45) is 34.0 Å². The largest absolute Gasteiger partial charge is 0.462 e. The summed E-state index contributed by atoms with van der Waals surface area (Å²) in [6, 6.07) is 0. The number of aliphatic hydroxyl groups excluding tert-OH is 2. The van der Waals surface area contributed by atoms with Gasteiger partial charge in [0.15, 0.2) is 0 Å². The summed E-state index contributed by atoms with van der Waals surface area (Å²) in [4.78, 5) is 49.9. The van der Waals surface area contributed by atoms with Crippen molar-refractivity contribution in [2.75, 3.05) is 0 Å². The lowest BCUT2D eigenvalue weighted by Gasteiger charge is -2.70. The summed E-state index contributed by atoms with van der Waals surface area (Å²) >= 11 is 0. The van der Waals surface area contributed by atoms with Crippen molar-refractivity contribution in [1.29, 1.82) is 0 Å². The van der Waals surface area contributed by atoms with Gasteiger partial charge >= 0.3 is 23.9 Å². The van der Waals surface area contributed by atoms with Gasteiger partial charge < -0.3 is 29.2 Å². The van der Waals surface area contributed by atoms with E-state index >= 15 is 0 Å². The van der Waals surface area contributed by atoms with Gasteiger partial charge in [-0.15, -0.1) is 0 Å². The monoisotopic (exact) mass is 536 g/mol. The van der Waals surface area contributed by atoms with Gasteiger partial charge in [-0.25, -0.2) is 0 Å². The van der Waals surface area contributed by atoms with Crippen LogP contribution in [0.25, 0.3) is 0 Å². The molecule has 4 aliphatic carbocycles. The molecule has 212 valence electrons. The average Bonchev–Trinajstić information content (AvgIpc) is 2.96. The van der Waals surface area contributed by atoms with Crippen LogP contribution in [-0.4, -0.2) is 70.7 Å². The lowest BCUT2D eigenvalue weighted by Crippen LogP contribution is -2.77. The number of aliphatic hydroxyl groups is 2. The number of esters is 4. The summed E-state index contributed by atoms with van der Waals surface area (Å²) in [7, 11) is 0. The van der Waals surface area contributed by atoms with Crippen molar-refractivity contribution in [3.63, 3.8) is 0 Å². The van der Waals surface area contributed by atoms with Crippen LogP contribution in [0, 0.1) is 34.0 Å². The van der Waals surface area contributed by atoms with E-state index in [2.05, 4.69) is 6.58 Å². The fourth-order valence-corrected chi connectivity index (χ4v) is 8.94. The highest BCUT2D eigenvalue weighted by atomic mass is 16.6. The van der Waals surface area contributed by atoms with Crippen LogP contribution in [0.2, 0.25) is 0 Å². The maximum Gasteiger partial charge on any atom is 0.303 e. The maximum absolute atomic E-state index is 12.6. The molecule has 2 N–H and O–H groups in total. The normalized spacial score (nSPS) is 44.8. The molecule has 10 heteroatoms. The fourth-order valence-electron chi connectivity index (χ4n) is 8.94. The standard InChI is InChI=1S/C28H40O10/c1-12-17-9-18(35-13(2)29)22-27(8)20(34)10-19(33)26(6,7)23(27)21(36-14(3)30)25(38-16(5)32)28(22,11-17)24(12)37-15(4)31/h17-25,33-34H,1,9-11H2,2-8H3/t17-,18+,19+,20+,21-,22+,23-,24-,25+,27+,28+/m1/s1. The van der Waals surface area contributed by atoms with Crippen molar-refractivity contribution in [1.82, 2.24) is 0 Å². The summed E-state index contributed by atoms with van der Waals surface area (Å²) in [6.45, 7) is 14.8. The van der Waals surface area contributed by atoms with E-state index < -0.39 is 88.6 Å². The Balaban J connectivity index is 2.09. The van der Waals surface area contributed by atoms with Crippen molar-refractivity contribution in [3.8, 4) is 0 Å². The molecular weight excluding hydrogens is 496 g/mol. The predicted molar refractivity (Wildman–Crippen MR) is 132 cm³/mol. The molecule has 11 atom stereocenters. The Morgan fingerprint density at radius 3 is 1.87 bits per heavy atom. The van der Waals surface area contributed by atoms with Gasteiger partial charge in [0, 0.05) is 51.4 Å². The maximum atomic E-state index is 12.6. The summed E-state index contributed by atoms with van der Waals surface area (Å²) in [5.74, 6) is -4.00. The third-order valence-corrected chi connectivity index (χ3v) is 9.93. The van der Waals surface area contributed by atoms with Crippen molar-refractivity contribution in [2.45, 2.75) is 104 Å². The zero-order valence-electron chi connectivity index (χ0n) is 23.2. The minimum absolute atomic E-state index is 0.0347. The van der Waals surface area contributed by atoms with Crippen molar-refractivity contribution >= 4 is 23.9 Å². The molecule has 0 aromatic carbocycles.